The normalized spacial score (nSPS) is 17.3. The summed E-state index contributed by atoms with van der Waals surface area (Å²) in [6, 6.07) is 0.727. The van der Waals surface area contributed by atoms with E-state index < -0.39 is 0 Å². The van der Waals surface area contributed by atoms with Crippen molar-refractivity contribution in [2.75, 3.05) is 12.4 Å². The highest BCUT2D eigenvalue weighted by Gasteiger charge is 2.24. The molecule has 1 aliphatic carbocycles. The lowest BCUT2D eigenvalue weighted by atomic mass is 10.6. The second-order valence-electron chi connectivity index (χ2n) is 2.64. The molecule has 0 spiro atoms. The standard InChI is InChI=1S/C7H11N3/c1-8-7-9-4-5-10(7)6-2-3-6/h4-6H,2-3H2,1H3,(H,8,9). The Bertz CT molecular complexity index is 225. The van der Waals surface area contributed by atoms with Gasteiger partial charge in [0.05, 0.1) is 0 Å². The van der Waals surface area contributed by atoms with E-state index in [1.807, 2.05) is 19.4 Å². The van der Waals surface area contributed by atoms with Gasteiger partial charge in [0.15, 0.2) is 0 Å². The van der Waals surface area contributed by atoms with Crippen molar-refractivity contribution < 1.29 is 0 Å². The molecule has 0 bridgehead atoms. The third kappa shape index (κ3) is 0.781. The molecule has 1 fully saturated rings. The molecule has 1 aromatic heterocycles. The average Bonchev–Trinajstić information content (AvgIpc) is 2.69. The van der Waals surface area contributed by atoms with Crippen LogP contribution in [-0.4, -0.2) is 16.6 Å². The summed E-state index contributed by atoms with van der Waals surface area (Å²) in [6.45, 7) is 0. The molecule has 0 atom stereocenters. The van der Waals surface area contributed by atoms with Crippen LogP contribution in [0.1, 0.15) is 18.9 Å². The first-order chi connectivity index (χ1) is 4.92. The minimum atomic E-state index is 0.727. The minimum absolute atomic E-state index is 0.727. The van der Waals surface area contributed by atoms with Gasteiger partial charge < -0.3 is 9.88 Å². The number of rotatable bonds is 2. The molecule has 1 aromatic rings. The summed E-state index contributed by atoms with van der Waals surface area (Å²) < 4.78 is 2.19. The van der Waals surface area contributed by atoms with Crippen molar-refractivity contribution in [1.29, 1.82) is 0 Å². The molecule has 3 nitrogen and oxygen atoms in total. The maximum absolute atomic E-state index is 4.15. The van der Waals surface area contributed by atoms with Gasteiger partial charge in [-0.1, -0.05) is 0 Å². The van der Waals surface area contributed by atoms with E-state index in [1.165, 1.54) is 12.8 Å². The summed E-state index contributed by atoms with van der Waals surface area (Å²) in [5, 5.41) is 3.05. The summed E-state index contributed by atoms with van der Waals surface area (Å²) in [6.07, 6.45) is 6.49. The Hall–Kier alpha value is -0.990. The van der Waals surface area contributed by atoms with Crippen LogP contribution in [0.5, 0.6) is 0 Å². The highest BCUT2D eigenvalue weighted by Crippen LogP contribution is 2.36. The van der Waals surface area contributed by atoms with Crippen LogP contribution < -0.4 is 5.32 Å². The molecule has 0 saturated heterocycles. The first-order valence-electron chi connectivity index (χ1n) is 3.62. The SMILES string of the molecule is CNc1nccn1C1CC1. The van der Waals surface area contributed by atoms with Gasteiger partial charge in [0.2, 0.25) is 5.95 Å². The van der Waals surface area contributed by atoms with Gasteiger partial charge >= 0.3 is 0 Å². The van der Waals surface area contributed by atoms with E-state index in [4.69, 9.17) is 0 Å². The number of imidazole rings is 1. The highest BCUT2D eigenvalue weighted by molar-refractivity contribution is 5.26. The topological polar surface area (TPSA) is 29.9 Å². The molecule has 0 unspecified atom stereocenters. The molecular formula is C7H11N3. The van der Waals surface area contributed by atoms with Crippen LogP contribution in [0, 0.1) is 0 Å². The molecule has 0 radical (unpaired) electrons. The van der Waals surface area contributed by atoms with Crippen molar-refractivity contribution >= 4 is 5.95 Å². The molecule has 3 heteroatoms. The van der Waals surface area contributed by atoms with Crippen LogP contribution in [0.25, 0.3) is 0 Å². The van der Waals surface area contributed by atoms with Crippen molar-refractivity contribution in [1.82, 2.24) is 9.55 Å². The van der Waals surface area contributed by atoms with E-state index in [0.717, 1.165) is 12.0 Å². The fraction of sp³-hybridized carbons (Fsp3) is 0.571. The lowest BCUT2D eigenvalue weighted by molar-refractivity contribution is 0.749. The van der Waals surface area contributed by atoms with Crippen LogP contribution in [0.15, 0.2) is 12.4 Å². The third-order valence-corrected chi connectivity index (χ3v) is 1.83. The summed E-state index contributed by atoms with van der Waals surface area (Å²) >= 11 is 0. The molecule has 1 aliphatic rings. The predicted octanol–water partition coefficient (Wildman–Crippen LogP) is 1.26. The monoisotopic (exact) mass is 137 g/mol. The second kappa shape index (κ2) is 2.01. The first kappa shape index (κ1) is 5.77. The number of hydrogen-bond acceptors (Lipinski definition) is 2. The minimum Gasteiger partial charge on any atom is -0.359 e. The summed E-state index contributed by atoms with van der Waals surface area (Å²) in [5.41, 5.74) is 0. The Balaban J connectivity index is 2.28. The van der Waals surface area contributed by atoms with Gasteiger partial charge in [0, 0.05) is 25.5 Å². The maximum Gasteiger partial charge on any atom is 0.202 e. The summed E-state index contributed by atoms with van der Waals surface area (Å²) in [7, 11) is 1.90. The van der Waals surface area contributed by atoms with Gasteiger partial charge in [-0.3, -0.25) is 0 Å². The van der Waals surface area contributed by atoms with Gasteiger partial charge in [0.1, 0.15) is 0 Å². The van der Waals surface area contributed by atoms with Crippen molar-refractivity contribution in [3.8, 4) is 0 Å². The lowest BCUT2D eigenvalue weighted by Crippen LogP contribution is -2.00. The van der Waals surface area contributed by atoms with E-state index in [1.54, 1.807) is 0 Å². The summed E-state index contributed by atoms with van der Waals surface area (Å²) in [5.74, 6) is 0.988. The largest absolute Gasteiger partial charge is 0.359 e. The van der Waals surface area contributed by atoms with E-state index >= 15 is 0 Å². The predicted molar refractivity (Wildman–Crippen MR) is 40.0 cm³/mol. The molecule has 54 valence electrons. The van der Waals surface area contributed by atoms with Crippen LogP contribution in [0.4, 0.5) is 5.95 Å². The molecule has 1 saturated carbocycles. The van der Waals surface area contributed by atoms with Crippen molar-refractivity contribution in [3.05, 3.63) is 12.4 Å². The quantitative estimate of drug-likeness (QED) is 0.665. The second-order valence-corrected chi connectivity index (χ2v) is 2.64. The zero-order chi connectivity index (χ0) is 6.97. The molecule has 0 aliphatic heterocycles. The van der Waals surface area contributed by atoms with Gasteiger partial charge in [-0.25, -0.2) is 4.98 Å². The van der Waals surface area contributed by atoms with Crippen LogP contribution in [0.2, 0.25) is 0 Å². The van der Waals surface area contributed by atoms with E-state index in [2.05, 4.69) is 14.9 Å². The fourth-order valence-corrected chi connectivity index (χ4v) is 1.15. The molecule has 0 aromatic carbocycles. The van der Waals surface area contributed by atoms with E-state index in [9.17, 15) is 0 Å². The fourth-order valence-electron chi connectivity index (χ4n) is 1.15. The number of anilines is 1. The third-order valence-electron chi connectivity index (χ3n) is 1.83. The summed E-state index contributed by atoms with van der Waals surface area (Å²) in [4.78, 5) is 4.15. The molecule has 10 heavy (non-hydrogen) atoms. The zero-order valence-electron chi connectivity index (χ0n) is 6.04. The molecule has 1 heterocycles. The number of nitrogens with zero attached hydrogens (tertiary/aromatic N) is 2. The average molecular weight is 137 g/mol. The van der Waals surface area contributed by atoms with E-state index in [-0.39, 0.29) is 0 Å². The maximum atomic E-state index is 4.15. The Morgan fingerprint density at radius 1 is 1.70 bits per heavy atom. The zero-order valence-corrected chi connectivity index (χ0v) is 6.04. The van der Waals surface area contributed by atoms with Crippen molar-refractivity contribution in [3.63, 3.8) is 0 Å². The molecular weight excluding hydrogens is 126 g/mol. The van der Waals surface area contributed by atoms with Gasteiger partial charge in [-0.15, -0.1) is 0 Å². The molecule has 1 N–H and O–H groups in total. The van der Waals surface area contributed by atoms with Crippen molar-refractivity contribution in [2.45, 2.75) is 18.9 Å². The van der Waals surface area contributed by atoms with Crippen LogP contribution in [-0.2, 0) is 0 Å². The Morgan fingerprint density at radius 3 is 3.10 bits per heavy atom. The van der Waals surface area contributed by atoms with Gasteiger partial charge in [-0.2, -0.15) is 0 Å². The number of nitrogens with one attached hydrogen (secondary N) is 1. The Labute approximate surface area is 60.1 Å². The van der Waals surface area contributed by atoms with Gasteiger partial charge in [0.25, 0.3) is 0 Å². The Kier molecular flexibility index (Phi) is 1.16. The highest BCUT2D eigenvalue weighted by atomic mass is 15.2. The van der Waals surface area contributed by atoms with Crippen LogP contribution in [0.3, 0.4) is 0 Å². The van der Waals surface area contributed by atoms with Crippen molar-refractivity contribution in [2.24, 2.45) is 0 Å². The first-order valence-corrected chi connectivity index (χ1v) is 3.62. The van der Waals surface area contributed by atoms with E-state index in [0.29, 0.717) is 0 Å². The van der Waals surface area contributed by atoms with Gasteiger partial charge in [-0.05, 0) is 12.8 Å². The van der Waals surface area contributed by atoms with Crippen LogP contribution >= 0.6 is 0 Å². The molecule has 2 rings (SSSR count). The lowest BCUT2D eigenvalue weighted by Gasteiger charge is -2.02. The number of hydrogen-bond donors (Lipinski definition) is 1. The molecule has 0 amide bonds. The Morgan fingerprint density at radius 2 is 2.50 bits per heavy atom. The number of aromatic nitrogens is 2. The smallest absolute Gasteiger partial charge is 0.202 e.